The summed E-state index contributed by atoms with van der Waals surface area (Å²) in [7, 11) is 0. The van der Waals surface area contributed by atoms with Gasteiger partial charge < -0.3 is 5.32 Å². The van der Waals surface area contributed by atoms with E-state index in [2.05, 4.69) is 10.3 Å². The number of nitrogens with one attached hydrogen (secondary N) is 1. The van der Waals surface area contributed by atoms with E-state index >= 15 is 0 Å². The average Bonchev–Trinajstić information content (AvgIpc) is 3.00. The van der Waals surface area contributed by atoms with Crippen LogP contribution in [0.3, 0.4) is 0 Å². The molecule has 2 aromatic rings. The maximum absolute atomic E-state index is 11.9. The Morgan fingerprint density at radius 2 is 2.29 bits per heavy atom. The molecule has 1 amide bonds. The second kappa shape index (κ2) is 4.30. The van der Waals surface area contributed by atoms with Crippen LogP contribution in [0.4, 0.5) is 0 Å². The predicted molar refractivity (Wildman–Crippen MR) is 68.0 cm³/mol. The third-order valence-electron chi connectivity index (χ3n) is 2.72. The van der Waals surface area contributed by atoms with Crippen LogP contribution in [0, 0.1) is 0 Å². The summed E-state index contributed by atoms with van der Waals surface area (Å²) in [6, 6.07) is 8.02. The molecule has 1 heterocycles. The van der Waals surface area contributed by atoms with Gasteiger partial charge >= 0.3 is 0 Å². The number of amides is 1. The highest BCUT2D eigenvalue weighted by atomic mass is 32.1. The predicted octanol–water partition coefficient (Wildman–Crippen LogP) is 2.70. The van der Waals surface area contributed by atoms with Crippen LogP contribution in [0.1, 0.15) is 23.2 Å². The van der Waals surface area contributed by atoms with Crippen molar-refractivity contribution >= 4 is 17.2 Å². The van der Waals surface area contributed by atoms with Crippen molar-refractivity contribution in [1.82, 2.24) is 10.3 Å². The van der Waals surface area contributed by atoms with Gasteiger partial charge in [0.1, 0.15) is 5.01 Å². The van der Waals surface area contributed by atoms with Crippen molar-refractivity contribution < 1.29 is 4.79 Å². The summed E-state index contributed by atoms with van der Waals surface area (Å²) in [5.74, 6) is 0.0194. The molecule has 1 saturated carbocycles. The molecule has 0 aliphatic heterocycles. The molecule has 86 valence electrons. The summed E-state index contributed by atoms with van der Waals surface area (Å²) in [6.07, 6.45) is 3.99. The summed E-state index contributed by atoms with van der Waals surface area (Å²) in [4.78, 5) is 16.1. The number of carbonyl (C=O) groups excluding carboxylic acids is 1. The molecule has 0 saturated heterocycles. The fourth-order valence-corrected chi connectivity index (χ4v) is 2.29. The van der Waals surface area contributed by atoms with Crippen LogP contribution in [0.5, 0.6) is 0 Å². The monoisotopic (exact) mass is 244 g/mol. The van der Waals surface area contributed by atoms with Crippen molar-refractivity contribution in [1.29, 1.82) is 0 Å². The van der Waals surface area contributed by atoms with Crippen LogP contribution in [-0.2, 0) is 0 Å². The van der Waals surface area contributed by atoms with Crippen molar-refractivity contribution in [2.75, 3.05) is 0 Å². The number of benzene rings is 1. The molecular formula is C13H12N2OS. The SMILES string of the molecule is O=C(NC1CC1)c1cccc(-c2nccs2)c1. The van der Waals surface area contributed by atoms with Crippen LogP contribution in [-0.4, -0.2) is 16.9 Å². The number of thiazole rings is 1. The molecule has 1 aromatic heterocycles. The average molecular weight is 244 g/mol. The zero-order valence-corrected chi connectivity index (χ0v) is 10.0. The minimum atomic E-state index is 0.0194. The van der Waals surface area contributed by atoms with E-state index in [1.165, 1.54) is 0 Å². The van der Waals surface area contributed by atoms with Gasteiger partial charge in [0, 0.05) is 28.7 Å². The van der Waals surface area contributed by atoms with E-state index in [0.717, 1.165) is 23.4 Å². The molecule has 1 aliphatic carbocycles. The molecule has 0 spiro atoms. The zero-order valence-electron chi connectivity index (χ0n) is 9.22. The lowest BCUT2D eigenvalue weighted by atomic mass is 10.1. The van der Waals surface area contributed by atoms with Gasteiger partial charge in [0.25, 0.3) is 5.91 Å². The highest BCUT2D eigenvalue weighted by molar-refractivity contribution is 7.13. The maximum Gasteiger partial charge on any atom is 0.251 e. The first-order valence-corrected chi connectivity index (χ1v) is 6.52. The van der Waals surface area contributed by atoms with E-state index in [1.807, 2.05) is 29.6 Å². The molecule has 0 radical (unpaired) electrons. The molecule has 17 heavy (non-hydrogen) atoms. The Labute approximate surface area is 104 Å². The molecule has 0 unspecified atom stereocenters. The molecule has 1 N–H and O–H groups in total. The van der Waals surface area contributed by atoms with Gasteiger partial charge in [0.15, 0.2) is 0 Å². The lowest BCUT2D eigenvalue weighted by Crippen LogP contribution is -2.25. The second-order valence-corrected chi connectivity index (χ2v) is 5.06. The van der Waals surface area contributed by atoms with Gasteiger partial charge in [0.2, 0.25) is 0 Å². The number of hydrogen-bond acceptors (Lipinski definition) is 3. The fraction of sp³-hybridized carbons (Fsp3) is 0.231. The highest BCUT2D eigenvalue weighted by Crippen LogP contribution is 2.23. The van der Waals surface area contributed by atoms with Crippen LogP contribution < -0.4 is 5.32 Å². The first-order valence-electron chi connectivity index (χ1n) is 5.64. The quantitative estimate of drug-likeness (QED) is 0.902. The fourth-order valence-electron chi connectivity index (χ4n) is 1.66. The lowest BCUT2D eigenvalue weighted by Gasteiger charge is -2.04. The van der Waals surface area contributed by atoms with Gasteiger partial charge in [-0.25, -0.2) is 4.98 Å². The Balaban J connectivity index is 1.85. The van der Waals surface area contributed by atoms with Gasteiger partial charge in [-0.2, -0.15) is 0 Å². The first-order chi connectivity index (χ1) is 8.33. The maximum atomic E-state index is 11.9. The van der Waals surface area contributed by atoms with E-state index in [-0.39, 0.29) is 5.91 Å². The van der Waals surface area contributed by atoms with Crippen LogP contribution in [0.15, 0.2) is 35.8 Å². The van der Waals surface area contributed by atoms with Crippen LogP contribution in [0.25, 0.3) is 10.6 Å². The molecule has 1 fully saturated rings. The third-order valence-corrected chi connectivity index (χ3v) is 3.54. The summed E-state index contributed by atoms with van der Waals surface area (Å²) >= 11 is 1.58. The van der Waals surface area contributed by atoms with Crippen molar-refractivity contribution in [3.8, 4) is 10.6 Å². The van der Waals surface area contributed by atoms with Crippen molar-refractivity contribution in [3.63, 3.8) is 0 Å². The minimum Gasteiger partial charge on any atom is -0.349 e. The third kappa shape index (κ3) is 2.36. The molecule has 3 nitrogen and oxygen atoms in total. The molecule has 0 bridgehead atoms. The number of carbonyl (C=O) groups is 1. The van der Waals surface area contributed by atoms with Gasteiger partial charge in [-0.1, -0.05) is 12.1 Å². The Bertz CT molecular complexity index is 532. The molecule has 3 rings (SSSR count). The van der Waals surface area contributed by atoms with Crippen LogP contribution in [0.2, 0.25) is 0 Å². The number of rotatable bonds is 3. The number of nitrogens with zero attached hydrogens (tertiary/aromatic N) is 1. The molecule has 4 heteroatoms. The first kappa shape index (κ1) is 10.5. The van der Waals surface area contributed by atoms with Crippen molar-refractivity contribution in [2.45, 2.75) is 18.9 Å². The Morgan fingerprint density at radius 1 is 1.41 bits per heavy atom. The summed E-state index contributed by atoms with van der Waals surface area (Å²) < 4.78 is 0. The zero-order chi connectivity index (χ0) is 11.7. The van der Waals surface area contributed by atoms with E-state index in [4.69, 9.17) is 0 Å². The Kier molecular flexibility index (Phi) is 2.65. The van der Waals surface area contributed by atoms with Crippen molar-refractivity contribution in [2.24, 2.45) is 0 Å². The van der Waals surface area contributed by atoms with Gasteiger partial charge in [-0.15, -0.1) is 11.3 Å². The Morgan fingerprint density at radius 3 is 3.00 bits per heavy atom. The minimum absolute atomic E-state index is 0.0194. The standard InChI is InChI=1S/C13H12N2OS/c16-12(15-11-4-5-11)9-2-1-3-10(8-9)13-14-6-7-17-13/h1-3,6-8,11H,4-5H2,(H,15,16). The van der Waals surface area contributed by atoms with E-state index in [9.17, 15) is 4.79 Å². The lowest BCUT2D eigenvalue weighted by molar-refractivity contribution is 0.0951. The number of aromatic nitrogens is 1. The van der Waals surface area contributed by atoms with E-state index in [0.29, 0.717) is 11.6 Å². The smallest absolute Gasteiger partial charge is 0.251 e. The summed E-state index contributed by atoms with van der Waals surface area (Å²) in [5.41, 5.74) is 1.72. The highest BCUT2D eigenvalue weighted by Gasteiger charge is 2.23. The molecule has 1 aliphatic rings. The molecular weight excluding hydrogens is 232 g/mol. The summed E-state index contributed by atoms with van der Waals surface area (Å²) in [6.45, 7) is 0. The largest absolute Gasteiger partial charge is 0.349 e. The van der Waals surface area contributed by atoms with Crippen LogP contribution >= 0.6 is 11.3 Å². The van der Waals surface area contributed by atoms with Gasteiger partial charge in [-0.05, 0) is 25.0 Å². The molecule has 0 atom stereocenters. The van der Waals surface area contributed by atoms with Gasteiger partial charge in [0.05, 0.1) is 0 Å². The Hall–Kier alpha value is -1.68. The topological polar surface area (TPSA) is 42.0 Å². The normalized spacial score (nSPS) is 14.6. The van der Waals surface area contributed by atoms with Crippen molar-refractivity contribution in [3.05, 3.63) is 41.4 Å². The number of hydrogen-bond donors (Lipinski definition) is 1. The summed E-state index contributed by atoms with van der Waals surface area (Å²) in [5, 5.41) is 5.87. The van der Waals surface area contributed by atoms with Gasteiger partial charge in [-0.3, -0.25) is 4.79 Å². The van der Waals surface area contributed by atoms with E-state index in [1.54, 1.807) is 17.5 Å². The second-order valence-electron chi connectivity index (χ2n) is 4.17. The molecule has 1 aromatic carbocycles. The van der Waals surface area contributed by atoms with E-state index < -0.39 is 0 Å².